The maximum atomic E-state index is 12.5. The van der Waals surface area contributed by atoms with Gasteiger partial charge in [0.2, 0.25) is 0 Å². The predicted octanol–water partition coefficient (Wildman–Crippen LogP) is 6.82. The number of benzene rings is 2. The molecule has 2 aromatic carbocycles. The van der Waals surface area contributed by atoms with Crippen LogP contribution in [-0.2, 0) is 12.8 Å². The van der Waals surface area contributed by atoms with Gasteiger partial charge in [-0.2, -0.15) is 0 Å². The molecule has 0 amide bonds. The van der Waals surface area contributed by atoms with Crippen molar-refractivity contribution in [2.75, 3.05) is 0 Å². The number of aromatic hydroxyl groups is 5. The van der Waals surface area contributed by atoms with E-state index in [-0.39, 0.29) is 58.7 Å². The van der Waals surface area contributed by atoms with E-state index in [0.717, 1.165) is 11.1 Å². The first-order valence-corrected chi connectivity index (χ1v) is 12.8. The summed E-state index contributed by atoms with van der Waals surface area (Å²) in [5.74, 6) is -4.41. The topological polar surface area (TPSA) is 135 Å². The Kier molecular flexibility index (Phi) is 9.79. The maximum Gasteiger partial charge on any atom is 0.167 e. The van der Waals surface area contributed by atoms with Crippen LogP contribution >= 0.6 is 0 Å². The van der Waals surface area contributed by atoms with Gasteiger partial charge in [0.1, 0.15) is 34.3 Å². The summed E-state index contributed by atoms with van der Waals surface area (Å²) >= 11 is 0. The molecule has 0 aliphatic heterocycles. The molecule has 7 heteroatoms. The lowest BCUT2D eigenvalue weighted by molar-refractivity contribution is 0.1000. The summed E-state index contributed by atoms with van der Waals surface area (Å²) in [5.41, 5.74) is 1.87. The summed E-state index contributed by atoms with van der Waals surface area (Å²) < 4.78 is 0. The Morgan fingerprint density at radius 2 is 1.24 bits per heavy atom. The molecule has 7 nitrogen and oxygen atoms in total. The number of hydrogen-bond donors (Lipinski definition) is 5. The van der Waals surface area contributed by atoms with Gasteiger partial charge in [-0.15, -0.1) is 0 Å². The SMILES string of the molecule is CC(=O)c1cc(CC=C(C)C)c(O)c(C(CC(C)C)c2c(O)c(CC=C(C)C)c(O)c(C(C)=O)c2O)c1O. The summed E-state index contributed by atoms with van der Waals surface area (Å²) in [6.07, 6.45) is 4.24. The molecule has 38 heavy (non-hydrogen) atoms. The van der Waals surface area contributed by atoms with Crippen LogP contribution in [-0.4, -0.2) is 37.1 Å². The minimum Gasteiger partial charge on any atom is -0.507 e. The minimum atomic E-state index is -1.01. The lowest BCUT2D eigenvalue weighted by Gasteiger charge is -2.27. The second kappa shape index (κ2) is 12.2. The van der Waals surface area contributed by atoms with Gasteiger partial charge in [-0.3, -0.25) is 9.59 Å². The van der Waals surface area contributed by atoms with Crippen molar-refractivity contribution < 1.29 is 35.1 Å². The first kappa shape index (κ1) is 30.5. The van der Waals surface area contributed by atoms with E-state index < -0.39 is 40.5 Å². The molecule has 0 aliphatic rings. The van der Waals surface area contributed by atoms with Crippen LogP contribution in [0.5, 0.6) is 28.7 Å². The smallest absolute Gasteiger partial charge is 0.167 e. The van der Waals surface area contributed by atoms with Crippen molar-refractivity contribution in [2.24, 2.45) is 5.92 Å². The van der Waals surface area contributed by atoms with Gasteiger partial charge in [0.15, 0.2) is 11.6 Å². The molecule has 5 N–H and O–H groups in total. The molecule has 1 atom stereocenters. The molecule has 2 rings (SSSR count). The van der Waals surface area contributed by atoms with Crippen LogP contribution in [0.2, 0.25) is 0 Å². The third-order valence-electron chi connectivity index (χ3n) is 6.52. The Morgan fingerprint density at radius 3 is 1.71 bits per heavy atom. The van der Waals surface area contributed by atoms with Gasteiger partial charge in [-0.1, -0.05) is 37.1 Å². The van der Waals surface area contributed by atoms with Gasteiger partial charge in [0.25, 0.3) is 0 Å². The molecule has 0 saturated carbocycles. The lowest BCUT2D eigenvalue weighted by Crippen LogP contribution is -2.12. The Morgan fingerprint density at radius 1 is 0.711 bits per heavy atom. The average Bonchev–Trinajstić information content (AvgIpc) is 2.77. The lowest BCUT2D eigenvalue weighted by atomic mass is 9.78. The van der Waals surface area contributed by atoms with Crippen molar-refractivity contribution in [2.45, 2.75) is 80.6 Å². The minimum absolute atomic E-state index is 0.00183. The summed E-state index contributed by atoms with van der Waals surface area (Å²) in [6.45, 7) is 13.8. The maximum absolute atomic E-state index is 12.5. The molecule has 0 heterocycles. The molecular weight excluding hydrogens is 484 g/mol. The first-order chi connectivity index (χ1) is 17.6. The van der Waals surface area contributed by atoms with E-state index in [4.69, 9.17) is 0 Å². The van der Waals surface area contributed by atoms with Crippen molar-refractivity contribution in [3.63, 3.8) is 0 Å². The molecule has 206 valence electrons. The quantitative estimate of drug-likeness (QED) is 0.170. The molecule has 0 fully saturated rings. The van der Waals surface area contributed by atoms with Crippen LogP contribution in [0.15, 0.2) is 29.4 Å². The van der Waals surface area contributed by atoms with Crippen molar-refractivity contribution in [3.05, 3.63) is 62.7 Å². The molecule has 0 spiro atoms. The molecule has 1 unspecified atom stereocenters. The van der Waals surface area contributed by atoms with E-state index >= 15 is 0 Å². The Balaban J connectivity index is 3.10. The highest BCUT2D eigenvalue weighted by Crippen LogP contribution is 2.53. The van der Waals surface area contributed by atoms with Gasteiger partial charge >= 0.3 is 0 Å². The zero-order chi connectivity index (χ0) is 29.1. The fraction of sp³-hybridized carbons (Fsp3) is 0.419. The summed E-state index contributed by atoms with van der Waals surface area (Å²) in [4.78, 5) is 25.0. The van der Waals surface area contributed by atoms with E-state index in [1.165, 1.54) is 19.9 Å². The van der Waals surface area contributed by atoms with E-state index in [9.17, 15) is 35.1 Å². The molecule has 0 aromatic heterocycles. The summed E-state index contributed by atoms with van der Waals surface area (Å²) in [6, 6.07) is 1.44. The second-order valence-electron chi connectivity index (χ2n) is 10.8. The Bertz CT molecular complexity index is 1300. The van der Waals surface area contributed by atoms with E-state index in [1.54, 1.807) is 6.08 Å². The van der Waals surface area contributed by atoms with Crippen molar-refractivity contribution in [1.82, 2.24) is 0 Å². The molecule has 0 radical (unpaired) electrons. The van der Waals surface area contributed by atoms with Crippen molar-refractivity contribution >= 4 is 11.6 Å². The van der Waals surface area contributed by atoms with E-state index in [2.05, 4.69) is 0 Å². The Hall–Kier alpha value is -3.74. The molecule has 2 aromatic rings. The number of ketones is 2. The summed E-state index contributed by atoms with van der Waals surface area (Å²) in [7, 11) is 0. The predicted molar refractivity (Wildman–Crippen MR) is 149 cm³/mol. The second-order valence-corrected chi connectivity index (χ2v) is 10.8. The van der Waals surface area contributed by atoms with Gasteiger partial charge in [0.05, 0.1) is 5.56 Å². The van der Waals surface area contributed by atoms with Gasteiger partial charge < -0.3 is 25.5 Å². The van der Waals surface area contributed by atoms with Crippen LogP contribution < -0.4 is 0 Å². The van der Waals surface area contributed by atoms with Crippen LogP contribution in [0.25, 0.3) is 0 Å². The third-order valence-corrected chi connectivity index (χ3v) is 6.52. The van der Waals surface area contributed by atoms with E-state index in [1.807, 2.05) is 47.6 Å². The number of phenols is 5. The number of rotatable bonds is 10. The fourth-order valence-corrected chi connectivity index (χ4v) is 4.61. The number of hydrogen-bond acceptors (Lipinski definition) is 7. The molecule has 0 bridgehead atoms. The summed E-state index contributed by atoms with van der Waals surface area (Å²) in [5, 5.41) is 56.2. The number of allylic oxidation sites excluding steroid dienone is 4. The average molecular weight is 525 g/mol. The monoisotopic (exact) mass is 524 g/mol. The van der Waals surface area contributed by atoms with E-state index in [0.29, 0.717) is 5.56 Å². The van der Waals surface area contributed by atoms with Gasteiger partial charge in [0, 0.05) is 22.6 Å². The van der Waals surface area contributed by atoms with Crippen LogP contribution in [0.4, 0.5) is 0 Å². The van der Waals surface area contributed by atoms with Crippen LogP contribution in [0.1, 0.15) is 111 Å². The third kappa shape index (κ3) is 6.39. The highest BCUT2D eigenvalue weighted by Gasteiger charge is 2.35. The number of carbonyl (C=O) groups excluding carboxylic acids is 2. The standard InChI is InChI=1S/C31H40O7/c1-15(2)9-11-20-14-22(18(7)32)30(37)25(27(20)34)23(13-17(5)6)26-29(36)21(12-10-16(3)4)28(35)24(19(8)33)31(26)38/h9-10,14,17,23,34-38H,11-13H2,1-8H3. The zero-order valence-corrected chi connectivity index (χ0v) is 23.6. The van der Waals surface area contributed by atoms with Crippen LogP contribution in [0.3, 0.4) is 0 Å². The van der Waals surface area contributed by atoms with Crippen molar-refractivity contribution in [3.8, 4) is 28.7 Å². The molecule has 0 saturated heterocycles. The van der Waals surface area contributed by atoms with Crippen molar-refractivity contribution in [1.29, 1.82) is 0 Å². The first-order valence-electron chi connectivity index (χ1n) is 12.8. The van der Waals surface area contributed by atoms with Crippen LogP contribution in [0, 0.1) is 5.92 Å². The van der Waals surface area contributed by atoms with Gasteiger partial charge in [-0.05, 0) is 78.4 Å². The zero-order valence-electron chi connectivity index (χ0n) is 23.6. The highest BCUT2D eigenvalue weighted by atomic mass is 16.3. The fourth-order valence-electron chi connectivity index (χ4n) is 4.61. The normalized spacial score (nSPS) is 11.8. The molecular formula is C31H40O7. The Labute approximate surface area is 224 Å². The number of carbonyl (C=O) groups is 2. The molecule has 0 aliphatic carbocycles. The number of phenolic OH excluding ortho intramolecular Hbond substituents is 5. The highest BCUT2D eigenvalue weighted by molar-refractivity contribution is 6.01. The largest absolute Gasteiger partial charge is 0.507 e. The number of Topliss-reactive ketones (excluding diaryl/α,β-unsaturated/α-hetero) is 2. The van der Waals surface area contributed by atoms with Gasteiger partial charge in [-0.25, -0.2) is 0 Å².